The number of hydrogen-bond acceptors (Lipinski definition) is 5. The summed E-state index contributed by atoms with van der Waals surface area (Å²) in [5.74, 6) is -2.07. The molecule has 0 saturated heterocycles. The molecule has 0 bridgehead atoms. The summed E-state index contributed by atoms with van der Waals surface area (Å²) in [5, 5.41) is 27.9. The minimum atomic E-state index is -1.42. The Kier molecular flexibility index (Phi) is 8.59. The molecule has 0 aromatic carbocycles. The Morgan fingerprint density at radius 2 is 2.15 bits per heavy atom. The Morgan fingerprint density at radius 3 is 2.38 bits per heavy atom. The third kappa shape index (κ3) is 6.00. The van der Waals surface area contributed by atoms with Crippen molar-refractivity contribution in [3.8, 4) is 0 Å². The summed E-state index contributed by atoms with van der Waals surface area (Å²) < 4.78 is 0. The molecule has 0 fully saturated rings. The second kappa shape index (κ2) is 7.28. The van der Waals surface area contributed by atoms with E-state index in [9.17, 15) is 9.90 Å². The van der Waals surface area contributed by atoms with Gasteiger partial charge in [-0.3, -0.25) is 4.99 Å². The minimum absolute atomic E-state index is 0. The number of hydrogen-bond donors (Lipinski definition) is 3. The first-order valence-electron chi connectivity index (χ1n) is 3.33. The Bertz CT molecular complexity index is 195. The van der Waals surface area contributed by atoms with Gasteiger partial charge in [-0.25, -0.2) is 4.79 Å². The predicted molar refractivity (Wildman–Crippen MR) is 39.6 cm³/mol. The van der Waals surface area contributed by atoms with Gasteiger partial charge < -0.3 is 21.1 Å². The number of nitrogens with two attached hydrogens (primary N) is 1. The molecule has 0 aliphatic heterocycles. The summed E-state index contributed by atoms with van der Waals surface area (Å²) in [6.45, 7) is 0.891. The van der Waals surface area contributed by atoms with Gasteiger partial charge in [0.15, 0.2) is 6.04 Å². The number of nitrogens with zero attached hydrogens (tertiary/aromatic N) is 1. The molecule has 0 rings (SSSR count). The molecule has 0 aliphatic carbocycles. The van der Waals surface area contributed by atoms with Gasteiger partial charge in [-0.15, -0.1) is 0 Å². The van der Waals surface area contributed by atoms with E-state index in [1.165, 1.54) is 6.92 Å². The van der Waals surface area contributed by atoms with Crippen LogP contribution in [0.1, 0.15) is 6.92 Å². The number of carboxylic acids is 1. The van der Waals surface area contributed by atoms with E-state index < -0.39 is 24.0 Å². The van der Waals surface area contributed by atoms with Crippen LogP contribution in [0.3, 0.4) is 0 Å². The number of rotatable bonds is 4. The molecule has 4 N–H and O–H groups in total. The Hall–Kier alpha value is -0.140. The van der Waals surface area contributed by atoms with E-state index in [1.54, 1.807) is 0 Å². The third-order valence-corrected chi connectivity index (χ3v) is 1.17. The summed E-state index contributed by atoms with van der Waals surface area (Å²) >= 11 is 0. The Balaban J connectivity index is 0. The largest absolute Gasteiger partial charge is 1.00 e. The number of aliphatic carboxylic acids is 1. The van der Waals surface area contributed by atoms with Gasteiger partial charge in [0, 0.05) is 6.54 Å². The molecule has 0 aromatic rings. The van der Waals surface area contributed by atoms with E-state index >= 15 is 0 Å². The fraction of sp³-hybridized carbons (Fsp3) is 0.667. The van der Waals surface area contributed by atoms with Crippen LogP contribution >= 0.6 is 0 Å². The molecule has 0 saturated carbocycles. The van der Waals surface area contributed by atoms with Crippen LogP contribution < -0.4 is 40.4 Å². The van der Waals surface area contributed by atoms with Gasteiger partial charge in [-0.05, 0) is 12.8 Å². The van der Waals surface area contributed by atoms with Gasteiger partial charge in [-0.1, -0.05) is 0 Å². The molecule has 0 unspecified atom stereocenters. The SMILES string of the molecule is C[C@@H](O)[C@H](N=C([O-])CN)C(=O)O.[Na+]. The number of carbonyl (C=O) groups is 1. The second-order valence-electron chi connectivity index (χ2n) is 2.25. The maximum Gasteiger partial charge on any atom is 1.00 e. The average Bonchev–Trinajstić information content (AvgIpc) is 1.98. The van der Waals surface area contributed by atoms with E-state index in [2.05, 4.69) is 4.99 Å². The van der Waals surface area contributed by atoms with Crippen molar-refractivity contribution >= 4 is 11.9 Å². The van der Waals surface area contributed by atoms with Gasteiger partial charge in [0.05, 0.1) is 6.10 Å². The maximum absolute atomic E-state index is 10.6. The third-order valence-electron chi connectivity index (χ3n) is 1.17. The first-order valence-corrected chi connectivity index (χ1v) is 3.33. The number of aliphatic hydroxyl groups excluding tert-OH is 1. The van der Waals surface area contributed by atoms with Gasteiger partial charge in [0.25, 0.3) is 0 Å². The van der Waals surface area contributed by atoms with Crippen LogP contribution in [-0.2, 0) is 4.79 Å². The normalized spacial score (nSPS) is 15.8. The number of carboxylic acid groups (broad SMARTS) is 1. The van der Waals surface area contributed by atoms with Crippen LogP contribution in [0.15, 0.2) is 4.99 Å². The van der Waals surface area contributed by atoms with Crippen LogP contribution in [0.5, 0.6) is 0 Å². The second-order valence-corrected chi connectivity index (χ2v) is 2.25. The van der Waals surface area contributed by atoms with Crippen molar-refractivity contribution in [2.75, 3.05) is 6.54 Å². The van der Waals surface area contributed by atoms with E-state index in [0.29, 0.717) is 0 Å². The van der Waals surface area contributed by atoms with Crippen molar-refractivity contribution in [1.82, 2.24) is 0 Å². The van der Waals surface area contributed by atoms with Crippen molar-refractivity contribution in [2.24, 2.45) is 10.7 Å². The first-order chi connectivity index (χ1) is 5.49. The molecule has 70 valence electrons. The molecule has 0 spiro atoms. The van der Waals surface area contributed by atoms with Crippen LogP contribution in [0.25, 0.3) is 0 Å². The van der Waals surface area contributed by atoms with Crippen LogP contribution in [0.2, 0.25) is 0 Å². The molecule has 13 heavy (non-hydrogen) atoms. The Morgan fingerprint density at radius 1 is 1.69 bits per heavy atom. The van der Waals surface area contributed by atoms with E-state index in [4.69, 9.17) is 15.9 Å². The van der Waals surface area contributed by atoms with Crippen molar-refractivity contribution in [1.29, 1.82) is 0 Å². The van der Waals surface area contributed by atoms with Crippen molar-refractivity contribution in [3.05, 3.63) is 0 Å². The summed E-state index contributed by atoms with van der Waals surface area (Å²) in [6.07, 6.45) is -1.20. The molecule has 6 nitrogen and oxygen atoms in total. The molecule has 0 aliphatic rings. The Labute approximate surface area is 97.8 Å². The minimum Gasteiger partial charge on any atom is -0.861 e. The molecular weight excluding hydrogens is 187 g/mol. The molecular formula is C6H11N2NaO4. The molecule has 7 heteroatoms. The van der Waals surface area contributed by atoms with Gasteiger partial charge in [0.2, 0.25) is 0 Å². The zero-order valence-corrected chi connectivity index (χ0v) is 9.60. The summed E-state index contributed by atoms with van der Waals surface area (Å²) in [4.78, 5) is 13.5. The monoisotopic (exact) mass is 198 g/mol. The number of aliphatic imine (C=N–C) groups is 1. The van der Waals surface area contributed by atoms with E-state index in [-0.39, 0.29) is 36.1 Å². The first kappa shape index (κ1) is 15.3. The molecule has 0 aromatic heterocycles. The standard InChI is InChI=1S/C6H12N2O4.Na/c1-3(9)5(6(11)12)8-4(10)2-7;/h3,5,9H,2,7H2,1H3,(H,8,10)(H,11,12);/q;+1/p-1/t3-,5+;/m1./s1. The van der Waals surface area contributed by atoms with Crippen molar-refractivity contribution in [2.45, 2.75) is 19.1 Å². The van der Waals surface area contributed by atoms with Crippen LogP contribution in [-0.4, -0.2) is 40.8 Å². The average molecular weight is 198 g/mol. The smallest absolute Gasteiger partial charge is 0.861 e. The maximum atomic E-state index is 10.6. The molecule has 0 heterocycles. The van der Waals surface area contributed by atoms with Crippen molar-refractivity contribution in [3.63, 3.8) is 0 Å². The summed E-state index contributed by atoms with van der Waals surface area (Å²) in [7, 11) is 0. The molecule has 2 atom stereocenters. The fourth-order valence-corrected chi connectivity index (χ4v) is 0.577. The quantitative estimate of drug-likeness (QED) is 0.236. The summed E-state index contributed by atoms with van der Waals surface area (Å²) in [5.41, 5.74) is 4.90. The van der Waals surface area contributed by atoms with Gasteiger partial charge in [-0.2, -0.15) is 0 Å². The van der Waals surface area contributed by atoms with Crippen LogP contribution in [0, 0.1) is 0 Å². The van der Waals surface area contributed by atoms with Crippen LogP contribution in [0.4, 0.5) is 0 Å². The topological polar surface area (TPSA) is 119 Å². The predicted octanol–water partition coefficient (Wildman–Crippen LogP) is -5.46. The van der Waals surface area contributed by atoms with Crippen molar-refractivity contribution < 1.29 is 49.7 Å². The molecule has 0 amide bonds. The van der Waals surface area contributed by atoms with E-state index in [0.717, 1.165) is 0 Å². The van der Waals surface area contributed by atoms with Gasteiger partial charge in [0.1, 0.15) is 0 Å². The summed E-state index contributed by atoms with van der Waals surface area (Å²) in [6, 6.07) is -1.42. The van der Waals surface area contributed by atoms with E-state index in [1.807, 2.05) is 0 Å². The molecule has 0 radical (unpaired) electrons. The fourth-order valence-electron chi connectivity index (χ4n) is 0.577. The van der Waals surface area contributed by atoms with Gasteiger partial charge >= 0.3 is 35.5 Å². The zero-order chi connectivity index (χ0) is 9.72. The zero-order valence-electron chi connectivity index (χ0n) is 7.60. The number of aliphatic hydroxyl groups is 1.